The van der Waals surface area contributed by atoms with E-state index in [4.69, 9.17) is 11.6 Å². The zero-order chi connectivity index (χ0) is 16.9. The molecule has 0 fully saturated rings. The maximum atomic E-state index is 12.0. The Morgan fingerprint density at radius 1 is 1.46 bits per heavy atom. The fraction of sp³-hybridized carbons (Fsp3) is 0.214. The quantitative estimate of drug-likeness (QED) is 0.661. The molecule has 0 aliphatic heterocycles. The number of rotatable bonds is 6. The van der Waals surface area contributed by atoms with Crippen molar-refractivity contribution in [3.8, 4) is 0 Å². The number of tetrazole rings is 1. The molecule has 0 saturated carbocycles. The number of amides is 1. The topological polar surface area (TPSA) is 85.6 Å². The van der Waals surface area contributed by atoms with Gasteiger partial charge in [-0.25, -0.2) is 9.67 Å². The highest BCUT2D eigenvalue weighted by Gasteiger charge is 2.10. The van der Waals surface area contributed by atoms with Crippen LogP contribution in [0.4, 0.5) is 5.13 Å². The van der Waals surface area contributed by atoms with Crippen molar-refractivity contribution < 1.29 is 4.79 Å². The van der Waals surface area contributed by atoms with E-state index in [2.05, 4.69) is 25.8 Å². The standard InChI is InChI=1S/C14H13ClN6OS2/c1-21-14(18-19-20-21)23-8-12(22)17-13-16-7-11(24-13)6-9-3-2-4-10(15)5-9/h2-5,7H,6,8H2,1H3,(H,16,17,22). The predicted molar refractivity (Wildman–Crippen MR) is 94.5 cm³/mol. The van der Waals surface area contributed by atoms with Crippen LogP contribution >= 0.6 is 34.7 Å². The molecule has 2 aromatic heterocycles. The lowest BCUT2D eigenvalue weighted by Gasteiger charge is -2.01. The van der Waals surface area contributed by atoms with E-state index in [1.165, 1.54) is 27.8 Å². The van der Waals surface area contributed by atoms with Crippen molar-refractivity contribution in [3.63, 3.8) is 0 Å². The monoisotopic (exact) mass is 380 g/mol. The Bertz CT molecular complexity index is 849. The summed E-state index contributed by atoms with van der Waals surface area (Å²) in [5.74, 6) is 0.0730. The number of hydrogen-bond acceptors (Lipinski definition) is 7. The lowest BCUT2D eigenvalue weighted by molar-refractivity contribution is -0.113. The van der Waals surface area contributed by atoms with Crippen molar-refractivity contribution >= 4 is 45.7 Å². The second-order valence-electron chi connectivity index (χ2n) is 4.86. The Morgan fingerprint density at radius 2 is 2.33 bits per heavy atom. The summed E-state index contributed by atoms with van der Waals surface area (Å²) < 4.78 is 1.52. The lowest BCUT2D eigenvalue weighted by Crippen LogP contribution is -2.14. The van der Waals surface area contributed by atoms with Crippen LogP contribution in [0.25, 0.3) is 0 Å². The van der Waals surface area contributed by atoms with E-state index in [1.807, 2.05) is 24.3 Å². The third kappa shape index (κ3) is 4.53. The first-order valence-corrected chi connectivity index (χ1v) is 9.12. The molecule has 3 aromatic rings. The van der Waals surface area contributed by atoms with Gasteiger partial charge >= 0.3 is 0 Å². The molecular formula is C14H13ClN6OS2. The van der Waals surface area contributed by atoms with E-state index in [0.717, 1.165) is 16.9 Å². The molecule has 0 aliphatic rings. The zero-order valence-corrected chi connectivity index (χ0v) is 15.0. The van der Waals surface area contributed by atoms with E-state index in [1.54, 1.807) is 13.2 Å². The number of thiazole rings is 1. The fourth-order valence-corrected chi connectivity index (χ4v) is 3.65. The van der Waals surface area contributed by atoms with Crippen LogP contribution in [-0.4, -0.2) is 36.9 Å². The van der Waals surface area contributed by atoms with Crippen LogP contribution < -0.4 is 5.32 Å². The Hall–Kier alpha value is -1.97. The van der Waals surface area contributed by atoms with Crippen molar-refractivity contribution in [1.82, 2.24) is 25.2 Å². The normalized spacial score (nSPS) is 10.8. The Morgan fingerprint density at radius 3 is 3.08 bits per heavy atom. The number of halogens is 1. The average molecular weight is 381 g/mol. The van der Waals surface area contributed by atoms with E-state index in [-0.39, 0.29) is 11.7 Å². The molecule has 0 bridgehead atoms. The van der Waals surface area contributed by atoms with Gasteiger partial charge in [-0.05, 0) is 28.1 Å². The molecule has 10 heteroatoms. The van der Waals surface area contributed by atoms with Crippen LogP contribution in [0, 0.1) is 0 Å². The summed E-state index contributed by atoms with van der Waals surface area (Å²) in [6.07, 6.45) is 2.49. The van der Waals surface area contributed by atoms with Crippen LogP contribution in [0.5, 0.6) is 0 Å². The molecule has 1 amide bonds. The van der Waals surface area contributed by atoms with Crippen molar-refractivity contribution in [2.75, 3.05) is 11.1 Å². The summed E-state index contributed by atoms with van der Waals surface area (Å²) in [7, 11) is 1.73. The van der Waals surface area contributed by atoms with Crippen molar-refractivity contribution in [2.45, 2.75) is 11.6 Å². The van der Waals surface area contributed by atoms with Crippen molar-refractivity contribution in [2.24, 2.45) is 7.05 Å². The molecule has 2 heterocycles. The minimum atomic E-state index is -0.147. The number of carbonyl (C=O) groups excluding carboxylic acids is 1. The molecule has 7 nitrogen and oxygen atoms in total. The van der Waals surface area contributed by atoms with Gasteiger partial charge < -0.3 is 5.32 Å². The lowest BCUT2D eigenvalue weighted by atomic mass is 10.1. The molecule has 0 atom stereocenters. The molecule has 0 aliphatic carbocycles. The van der Waals surface area contributed by atoms with Gasteiger partial charge in [0.1, 0.15) is 0 Å². The molecule has 124 valence electrons. The van der Waals surface area contributed by atoms with Crippen LogP contribution in [0.1, 0.15) is 10.4 Å². The Balaban J connectivity index is 1.53. The third-order valence-corrected chi connectivity index (χ3v) is 5.14. The summed E-state index contributed by atoms with van der Waals surface area (Å²) in [4.78, 5) is 17.3. The van der Waals surface area contributed by atoms with Gasteiger partial charge in [0.25, 0.3) is 0 Å². The van der Waals surface area contributed by atoms with Gasteiger partial charge in [-0.2, -0.15) is 0 Å². The van der Waals surface area contributed by atoms with E-state index in [9.17, 15) is 4.79 Å². The fourth-order valence-electron chi connectivity index (χ4n) is 1.92. The SMILES string of the molecule is Cn1nnnc1SCC(=O)Nc1ncc(Cc2cccc(Cl)c2)s1. The summed E-state index contributed by atoms with van der Waals surface area (Å²) in [6, 6.07) is 7.69. The maximum Gasteiger partial charge on any atom is 0.236 e. The van der Waals surface area contributed by atoms with E-state index >= 15 is 0 Å². The van der Waals surface area contributed by atoms with Gasteiger partial charge in [-0.15, -0.1) is 16.4 Å². The Kier molecular flexibility index (Phi) is 5.44. The Labute approximate surface area is 151 Å². The van der Waals surface area contributed by atoms with E-state index < -0.39 is 0 Å². The molecule has 1 N–H and O–H groups in total. The first-order valence-electron chi connectivity index (χ1n) is 6.94. The van der Waals surface area contributed by atoms with Crippen LogP contribution in [-0.2, 0) is 18.3 Å². The number of anilines is 1. The molecule has 24 heavy (non-hydrogen) atoms. The smallest absolute Gasteiger partial charge is 0.236 e. The number of benzene rings is 1. The second kappa shape index (κ2) is 7.73. The minimum absolute atomic E-state index is 0.147. The summed E-state index contributed by atoms with van der Waals surface area (Å²) in [5, 5.41) is 15.7. The molecule has 0 saturated heterocycles. The van der Waals surface area contributed by atoms with Gasteiger partial charge in [-0.3, -0.25) is 4.79 Å². The maximum absolute atomic E-state index is 12.0. The first kappa shape index (κ1) is 16.9. The number of aromatic nitrogens is 5. The number of aryl methyl sites for hydroxylation is 1. The van der Waals surface area contributed by atoms with Gasteiger partial charge in [0.15, 0.2) is 5.13 Å². The van der Waals surface area contributed by atoms with Crippen molar-refractivity contribution in [3.05, 3.63) is 45.9 Å². The highest BCUT2D eigenvalue weighted by Crippen LogP contribution is 2.23. The average Bonchev–Trinajstić information content (AvgIpc) is 3.14. The zero-order valence-electron chi connectivity index (χ0n) is 12.6. The van der Waals surface area contributed by atoms with Crippen LogP contribution in [0.2, 0.25) is 5.02 Å². The molecule has 0 spiro atoms. The first-order chi connectivity index (χ1) is 11.6. The van der Waals surface area contributed by atoms with Gasteiger partial charge in [0.2, 0.25) is 11.1 Å². The minimum Gasteiger partial charge on any atom is -0.301 e. The number of thioether (sulfide) groups is 1. The highest BCUT2D eigenvalue weighted by molar-refractivity contribution is 7.99. The summed E-state index contributed by atoms with van der Waals surface area (Å²) in [5.41, 5.74) is 1.11. The van der Waals surface area contributed by atoms with Crippen LogP contribution in [0.3, 0.4) is 0 Å². The second-order valence-corrected chi connectivity index (χ2v) is 7.35. The van der Waals surface area contributed by atoms with Crippen LogP contribution in [0.15, 0.2) is 35.6 Å². The van der Waals surface area contributed by atoms with Gasteiger partial charge in [0.05, 0.1) is 5.75 Å². The molecule has 0 radical (unpaired) electrons. The summed E-state index contributed by atoms with van der Waals surface area (Å²) in [6.45, 7) is 0. The largest absolute Gasteiger partial charge is 0.301 e. The number of hydrogen-bond donors (Lipinski definition) is 1. The van der Waals surface area contributed by atoms with E-state index in [0.29, 0.717) is 15.3 Å². The highest BCUT2D eigenvalue weighted by atomic mass is 35.5. The molecule has 0 unspecified atom stereocenters. The molecule has 3 rings (SSSR count). The van der Waals surface area contributed by atoms with Crippen molar-refractivity contribution in [1.29, 1.82) is 0 Å². The number of nitrogens with one attached hydrogen (secondary N) is 1. The number of nitrogens with zero attached hydrogens (tertiary/aromatic N) is 5. The molecule has 1 aromatic carbocycles. The third-order valence-electron chi connectivity index (χ3n) is 2.98. The van der Waals surface area contributed by atoms with Gasteiger partial charge in [0, 0.05) is 29.6 Å². The van der Waals surface area contributed by atoms with Gasteiger partial charge in [-0.1, -0.05) is 35.5 Å². The number of carbonyl (C=O) groups is 1. The molecular weight excluding hydrogens is 368 g/mol. The predicted octanol–water partition coefficient (Wildman–Crippen LogP) is 2.64. The summed E-state index contributed by atoms with van der Waals surface area (Å²) >= 11 is 8.70.